The van der Waals surface area contributed by atoms with Gasteiger partial charge in [0.2, 0.25) is 5.89 Å². The fourth-order valence-corrected chi connectivity index (χ4v) is 3.35. The van der Waals surface area contributed by atoms with E-state index in [-0.39, 0.29) is 29.5 Å². The minimum absolute atomic E-state index is 0. The Labute approximate surface area is 216 Å². The molecule has 0 aliphatic heterocycles. The van der Waals surface area contributed by atoms with Crippen LogP contribution in [0.25, 0.3) is 11.5 Å². The van der Waals surface area contributed by atoms with Crippen molar-refractivity contribution in [2.24, 2.45) is 4.99 Å². The lowest BCUT2D eigenvalue weighted by atomic mass is 10.1. The van der Waals surface area contributed by atoms with Crippen molar-refractivity contribution in [2.45, 2.75) is 26.6 Å². The van der Waals surface area contributed by atoms with Gasteiger partial charge < -0.3 is 19.6 Å². The number of pyridine rings is 1. The van der Waals surface area contributed by atoms with Crippen molar-refractivity contribution in [2.75, 3.05) is 7.05 Å². The summed E-state index contributed by atoms with van der Waals surface area (Å²) in [4.78, 5) is 20.7. The number of oxazole rings is 1. The largest absolute Gasteiger partial charge is 0.444 e. The van der Waals surface area contributed by atoms with Gasteiger partial charge in [-0.2, -0.15) is 0 Å². The average Bonchev–Trinajstić information content (AvgIpc) is 3.31. The number of hydrogen-bond donors (Lipinski definition) is 2. The van der Waals surface area contributed by atoms with E-state index in [0.29, 0.717) is 31.5 Å². The summed E-state index contributed by atoms with van der Waals surface area (Å²) in [5.41, 5.74) is 5.14. The molecule has 0 unspecified atom stereocenters. The molecule has 0 saturated carbocycles. The van der Waals surface area contributed by atoms with E-state index in [9.17, 15) is 4.79 Å². The first-order valence-corrected chi connectivity index (χ1v) is 10.8. The molecule has 2 heterocycles. The summed E-state index contributed by atoms with van der Waals surface area (Å²) >= 11 is 0. The molecular formula is C26H28IN5O2. The monoisotopic (exact) mass is 569 g/mol. The molecular weight excluding hydrogens is 541 g/mol. The Bertz CT molecular complexity index is 1280. The summed E-state index contributed by atoms with van der Waals surface area (Å²) in [6.45, 7) is 3.73. The Kier molecular flexibility index (Phi) is 9.03. The summed E-state index contributed by atoms with van der Waals surface area (Å²) in [6, 6.07) is 21.4. The van der Waals surface area contributed by atoms with E-state index in [1.807, 2.05) is 42.5 Å². The predicted molar refractivity (Wildman–Crippen MR) is 145 cm³/mol. The topological polar surface area (TPSA) is 84.5 Å². The highest BCUT2D eigenvalue weighted by molar-refractivity contribution is 14.0. The van der Waals surface area contributed by atoms with Crippen molar-refractivity contribution >= 4 is 29.9 Å². The van der Waals surface area contributed by atoms with Crippen LogP contribution in [0.1, 0.15) is 22.4 Å². The third-order valence-electron chi connectivity index (χ3n) is 5.25. The SMILES string of the molecule is CN=C(NCc1ccc(Cn2ccccc2=O)cc1)NCc1coc(-c2ccc(C)cc2)n1.I. The number of rotatable bonds is 7. The van der Waals surface area contributed by atoms with Crippen molar-refractivity contribution in [3.8, 4) is 11.5 Å². The maximum atomic E-state index is 11.9. The molecule has 4 aromatic rings. The van der Waals surface area contributed by atoms with Gasteiger partial charge in [0, 0.05) is 31.4 Å². The van der Waals surface area contributed by atoms with Crippen LogP contribution in [0.2, 0.25) is 0 Å². The van der Waals surface area contributed by atoms with Gasteiger partial charge in [-0.05, 0) is 36.2 Å². The average molecular weight is 569 g/mol. The molecule has 0 spiro atoms. The van der Waals surface area contributed by atoms with E-state index in [1.165, 1.54) is 5.56 Å². The predicted octanol–water partition coefficient (Wildman–Crippen LogP) is 4.34. The van der Waals surface area contributed by atoms with E-state index >= 15 is 0 Å². The first-order chi connectivity index (χ1) is 16.1. The van der Waals surface area contributed by atoms with E-state index in [0.717, 1.165) is 22.4 Å². The number of aliphatic imine (C=N–C) groups is 1. The highest BCUT2D eigenvalue weighted by Gasteiger charge is 2.07. The number of guanidine groups is 1. The quantitative estimate of drug-likeness (QED) is 0.197. The van der Waals surface area contributed by atoms with Crippen LogP contribution in [-0.2, 0) is 19.6 Å². The second kappa shape index (κ2) is 12.2. The lowest BCUT2D eigenvalue weighted by Crippen LogP contribution is -2.36. The van der Waals surface area contributed by atoms with Crippen LogP contribution in [0.5, 0.6) is 0 Å². The van der Waals surface area contributed by atoms with Crippen molar-refractivity contribution < 1.29 is 4.42 Å². The molecule has 0 atom stereocenters. The number of aryl methyl sites for hydroxylation is 1. The number of benzene rings is 2. The van der Waals surface area contributed by atoms with E-state index in [4.69, 9.17) is 4.42 Å². The van der Waals surface area contributed by atoms with Crippen molar-refractivity contribution in [3.63, 3.8) is 0 Å². The van der Waals surface area contributed by atoms with Crippen LogP contribution >= 0.6 is 24.0 Å². The smallest absolute Gasteiger partial charge is 0.250 e. The summed E-state index contributed by atoms with van der Waals surface area (Å²) in [5, 5.41) is 6.56. The molecule has 0 radical (unpaired) electrons. The van der Waals surface area contributed by atoms with Gasteiger partial charge in [0.25, 0.3) is 5.56 Å². The van der Waals surface area contributed by atoms with Crippen molar-refractivity contribution in [1.82, 2.24) is 20.2 Å². The van der Waals surface area contributed by atoms with Crippen LogP contribution in [-0.4, -0.2) is 22.6 Å². The minimum Gasteiger partial charge on any atom is -0.444 e. The van der Waals surface area contributed by atoms with Crippen LogP contribution < -0.4 is 16.2 Å². The Morgan fingerprint density at radius 3 is 2.38 bits per heavy atom. The second-order valence-electron chi connectivity index (χ2n) is 7.77. The third kappa shape index (κ3) is 6.80. The fraction of sp³-hybridized carbons (Fsp3) is 0.192. The molecule has 0 aliphatic carbocycles. The number of halogens is 1. The molecule has 2 aromatic carbocycles. The highest BCUT2D eigenvalue weighted by Crippen LogP contribution is 2.19. The molecule has 34 heavy (non-hydrogen) atoms. The number of aromatic nitrogens is 2. The van der Waals surface area contributed by atoms with Gasteiger partial charge in [0.1, 0.15) is 6.26 Å². The molecule has 0 saturated heterocycles. The zero-order valence-corrected chi connectivity index (χ0v) is 21.5. The summed E-state index contributed by atoms with van der Waals surface area (Å²) in [7, 11) is 1.73. The van der Waals surface area contributed by atoms with Crippen LogP contribution in [0.4, 0.5) is 0 Å². The molecule has 7 nitrogen and oxygen atoms in total. The first kappa shape index (κ1) is 25.2. The van der Waals surface area contributed by atoms with Gasteiger partial charge in [-0.3, -0.25) is 9.79 Å². The standard InChI is InChI=1S/C26H27N5O2.HI/c1-19-6-12-22(13-7-19)25-30-23(18-33-25)16-29-26(27-2)28-15-20-8-10-21(11-9-20)17-31-14-4-3-5-24(31)32;/h3-14,18H,15-17H2,1-2H3,(H2,27,28,29);1H. The number of nitrogens with zero attached hydrogens (tertiary/aromatic N) is 3. The Balaban J connectivity index is 0.00000324. The number of hydrogen-bond acceptors (Lipinski definition) is 4. The molecule has 0 fully saturated rings. The van der Waals surface area contributed by atoms with Crippen molar-refractivity contribution in [1.29, 1.82) is 0 Å². The van der Waals surface area contributed by atoms with Crippen LogP contribution in [0.15, 0.2) is 93.4 Å². The number of nitrogens with one attached hydrogen (secondary N) is 2. The zero-order valence-electron chi connectivity index (χ0n) is 19.2. The molecule has 0 bridgehead atoms. The van der Waals surface area contributed by atoms with Gasteiger partial charge in [0.15, 0.2) is 5.96 Å². The molecule has 8 heteroatoms. The van der Waals surface area contributed by atoms with E-state index < -0.39 is 0 Å². The summed E-state index contributed by atoms with van der Waals surface area (Å²) in [5.74, 6) is 1.28. The molecule has 0 amide bonds. The van der Waals surface area contributed by atoms with Gasteiger partial charge >= 0.3 is 0 Å². The fourth-order valence-electron chi connectivity index (χ4n) is 3.35. The maximum Gasteiger partial charge on any atom is 0.250 e. The lowest BCUT2D eigenvalue weighted by Gasteiger charge is -2.11. The summed E-state index contributed by atoms with van der Waals surface area (Å²) < 4.78 is 7.30. The zero-order chi connectivity index (χ0) is 23.0. The maximum absolute atomic E-state index is 11.9. The van der Waals surface area contributed by atoms with E-state index in [2.05, 4.69) is 39.7 Å². The van der Waals surface area contributed by atoms with E-state index in [1.54, 1.807) is 36.2 Å². The molecule has 4 rings (SSSR count). The Morgan fingerprint density at radius 2 is 1.68 bits per heavy atom. The minimum atomic E-state index is -0.00350. The van der Waals surface area contributed by atoms with Crippen LogP contribution in [0.3, 0.4) is 0 Å². The van der Waals surface area contributed by atoms with Gasteiger partial charge in [-0.15, -0.1) is 24.0 Å². The molecule has 176 valence electrons. The lowest BCUT2D eigenvalue weighted by molar-refractivity contribution is 0.572. The van der Waals surface area contributed by atoms with Crippen molar-refractivity contribution in [3.05, 3.63) is 112 Å². The highest BCUT2D eigenvalue weighted by atomic mass is 127. The molecule has 0 aliphatic rings. The Morgan fingerprint density at radius 1 is 0.971 bits per heavy atom. The third-order valence-corrected chi connectivity index (χ3v) is 5.25. The van der Waals surface area contributed by atoms with Crippen LogP contribution in [0, 0.1) is 6.92 Å². The first-order valence-electron chi connectivity index (χ1n) is 10.8. The second-order valence-corrected chi connectivity index (χ2v) is 7.77. The Hall–Kier alpha value is -3.40. The molecule has 2 N–H and O–H groups in total. The van der Waals surface area contributed by atoms with Gasteiger partial charge in [-0.1, -0.05) is 48.0 Å². The van der Waals surface area contributed by atoms with Gasteiger partial charge in [-0.25, -0.2) is 4.98 Å². The summed E-state index contributed by atoms with van der Waals surface area (Å²) in [6.07, 6.45) is 3.46. The molecule has 2 aromatic heterocycles. The normalized spacial score (nSPS) is 11.1. The van der Waals surface area contributed by atoms with Gasteiger partial charge in [0.05, 0.1) is 18.8 Å².